The number of rotatable bonds is 11. The average Bonchev–Trinajstić information content (AvgIpc) is 3.65. The fourth-order valence-corrected chi connectivity index (χ4v) is 6.35. The second-order valence-electron chi connectivity index (χ2n) is 11.5. The lowest BCUT2D eigenvalue weighted by Gasteiger charge is -2.36. The van der Waals surface area contributed by atoms with Crippen LogP contribution in [0.15, 0.2) is 139 Å². The minimum Gasteiger partial charge on any atom is -0.457 e. The molecule has 0 radical (unpaired) electrons. The maximum Gasteiger partial charge on any atom is 0.323 e. The number of benzene rings is 5. The lowest BCUT2D eigenvalue weighted by atomic mass is 10.0. The number of aliphatic hydroxyl groups is 1. The number of carbonyl (C=O) groups is 1. The second-order valence-corrected chi connectivity index (χ2v) is 12.5. The van der Waals surface area contributed by atoms with Crippen molar-refractivity contribution >= 4 is 29.2 Å². The van der Waals surface area contributed by atoms with Crippen LogP contribution in [0.4, 0.5) is 16.2 Å². The molecule has 252 valence electrons. The summed E-state index contributed by atoms with van der Waals surface area (Å²) in [5.41, 5.74) is 4.75. The van der Waals surface area contributed by atoms with Crippen molar-refractivity contribution < 1.29 is 24.1 Å². The van der Waals surface area contributed by atoms with Crippen molar-refractivity contribution in [3.63, 3.8) is 0 Å². The van der Waals surface area contributed by atoms with Crippen LogP contribution in [-0.4, -0.2) is 43.2 Å². The summed E-state index contributed by atoms with van der Waals surface area (Å²) in [5, 5.41) is 28.2. The van der Waals surface area contributed by atoms with Gasteiger partial charge in [-0.2, -0.15) is 4.68 Å². The number of ether oxygens (including phenoxy) is 3. The van der Waals surface area contributed by atoms with Gasteiger partial charge in [0.1, 0.15) is 11.5 Å². The highest BCUT2D eigenvalue weighted by Crippen LogP contribution is 2.39. The summed E-state index contributed by atoms with van der Waals surface area (Å²) in [6.07, 6.45) is -0.462. The first kappa shape index (κ1) is 33.0. The molecule has 0 aliphatic carbocycles. The van der Waals surface area contributed by atoms with E-state index < -0.39 is 6.29 Å². The van der Waals surface area contributed by atoms with Crippen molar-refractivity contribution in [1.29, 1.82) is 0 Å². The number of aliphatic hydroxyl groups excluding tert-OH is 1. The monoisotopic (exact) mass is 686 g/mol. The zero-order valence-electron chi connectivity index (χ0n) is 26.8. The third-order valence-electron chi connectivity index (χ3n) is 7.99. The molecule has 1 aliphatic rings. The van der Waals surface area contributed by atoms with E-state index in [1.807, 2.05) is 109 Å². The Labute approximate surface area is 293 Å². The van der Waals surface area contributed by atoms with Gasteiger partial charge < -0.3 is 30.0 Å². The summed E-state index contributed by atoms with van der Waals surface area (Å²) in [4.78, 5) is 12.8. The van der Waals surface area contributed by atoms with Crippen LogP contribution >= 0.6 is 11.8 Å². The highest BCUT2D eigenvalue weighted by molar-refractivity contribution is 7.99. The standard InChI is InChI=1S/C38H34N6O5S/c45-24-26-11-13-27(14-12-26)35-23-34(25-50-38-41-42-43-44(38)31-7-3-1-4-8-31)48-36(49-35)28-15-17-29(18-16-28)39-37(46)40-30-19-21-33(22-20-30)47-32-9-5-2-6-10-32/h1-22,34-36,45H,23-25H2,(H2,39,40,46)/t34-,35+,36+/m1/s1. The number of hydrogen-bond donors (Lipinski definition) is 3. The minimum atomic E-state index is -0.651. The summed E-state index contributed by atoms with van der Waals surface area (Å²) < 4.78 is 20.5. The molecule has 7 rings (SSSR count). The summed E-state index contributed by atoms with van der Waals surface area (Å²) in [7, 11) is 0. The summed E-state index contributed by atoms with van der Waals surface area (Å²) in [6.45, 7) is -0.0264. The number of amides is 2. The molecule has 1 saturated heterocycles. The van der Waals surface area contributed by atoms with Gasteiger partial charge in [-0.1, -0.05) is 84.6 Å². The van der Waals surface area contributed by atoms with Gasteiger partial charge in [0.25, 0.3) is 0 Å². The fraction of sp³-hybridized carbons (Fsp3) is 0.158. The molecule has 3 N–H and O–H groups in total. The minimum absolute atomic E-state index is 0.0264. The van der Waals surface area contributed by atoms with Gasteiger partial charge in [0.05, 0.1) is 24.5 Å². The molecule has 11 nitrogen and oxygen atoms in total. The van der Waals surface area contributed by atoms with E-state index in [4.69, 9.17) is 14.2 Å². The van der Waals surface area contributed by atoms with E-state index in [1.165, 1.54) is 11.8 Å². The molecule has 1 fully saturated rings. The van der Waals surface area contributed by atoms with Crippen molar-refractivity contribution in [1.82, 2.24) is 20.2 Å². The van der Waals surface area contributed by atoms with Crippen LogP contribution in [0.3, 0.4) is 0 Å². The Hall–Kier alpha value is -5.53. The van der Waals surface area contributed by atoms with Gasteiger partial charge in [-0.3, -0.25) is 0 Å². The largest absolute Gasteiger partial charge is 0.457 e. The van der Waals surface area contributed by atoms with Crippen LogP contribution in [0.25, 0.3) is 5.69 Å². The predicted octanol–water partition coefficient (Wildman–Crippen LogP) is 7.93. The van der Waals surface area contributed by atoms with Crippen LogP contribution in [-0.2, 0) is 16.1 Å². The molecule has 2 amide bonds. The quantitative estimate of drug-likeness (QED) is 0.116. The Bertz CT molecular complexity index is 1980. The molecule has 1 aliphatic heterocycles. The van der Waals surface area contributed by atoms with Gasteiger partial charge in [-0.15, -0.1) is 5.10 Å². The van der Waals surface area contributed by atoms with E-state index in [0.717, 1.165) is 28.1 Å². The first-order chi connectivity index (χ1) is 24.6. The van der Waals surface area contributed by atoms with E-state index >= 15 is 0 Å². The number of thioether (sulfide) groups is 1. The predicted molar refractivity (Wildman–Crippen MR) is 190 cm³/mol. The number of hydrogen-bond acceptors (Lipinski definition) is 9. The van der Waals surface area contributed by atoms with Crippen molar-refractivity contribution in [2.24, 2.45) is 0 Å². The van der Waals surface area contributed by atoms with Crippen LogP contribution in [0.1, 0.15) is 35.5 Å². The Balaban J connectivity index is 0.999. The highest BCUT2D eigenvalue weighted by atomic mass is 32.2. The summed E-state index contributed by atoms with van der Waals surface area (Å²) in [6, 6.07) is 41.2. The topological polar surface area (TPSA) is 133 Å². The first-order valence-corrected chi connectivity index (χ1v) is 17.1. The lowest BCUT2D eigenvalue weighted by Crippen LogP contribution is -2.31. The second kappa shape index (κ2) is 15.8. The lowest BCUT2D eigenvalue weighted by molar-refractivity contribution is -0.245. The molecule has 50 heavy (non-hydrogen) atoms. The molecule has 0 unspecified atom stereocenters. The molecular weight excluding hydrogens is 653 g/mol. The van der Waals surface area contributed by atoms with Gasteiger partial charge in [0, 0.05) is 29.1 Å². The molecule has 5 aromatic carbocycles. The number of anilines is 2. The summed E-state index contributed by atoms with van der Waals surface area (Å²) in [5.74, 6) is 2.00. The third-order valence-corrected chi connectivity index (χ3v) is 9.04. The van der Waals surface area contributed by atoms with Gasteiger partial charge >= 0.3 is 6.03 Å². The van der Waals surface area contributed by atoms with Gasteiger partial charge in [0.2, 0.25) is 5.16 Å². The molecule has 6 aromatic rings. The van der Waals surface area contributed by atoms with Crippen molar-refractivity contribution in [3.05, 3.63) is 150 Å². The molecular formula is C38H34N6O5S. The van der Waals surface area contributed by atoms with Gasteiger partial charge in [0.15, 0.2) is 6.29 Å². The van der Waals surface area contributed by atoms with Gasteiger partial charge in [-0.25, -0.2) is 4.79 Å². The van der Waals surface area contributed by atoms with Crippen LogP contribution < -0.4 is 15.4 Å². The average molecular weight is 687 g/mol. The molecule has 3 atom stereocenters. The van der Waals surface area contributed by atoms with Gasteiger partial charge in [-0.05, 0) is 82.2 Å². The normalized spacial score (nSPS) is 17.2. The number of para-hydroxylation sites is 2. The number of nitrogens with zero attached hydrogens (tertiary/aromatic N) is 4. The van der Waals surface area contributed by atoms with Crippen LogP contribution in [0, 0.1) is 0 Å². The number of aromatic nitrogens is 4. The molecule has 1 aromatic heterocycles. The smallest absolute Gasteiger partial charge is 0.323 e. The molecule has 12 heteroatoms. The number of carbonyl (C=O) groups excluding carboxylic acids is 1. The van der Waals surface area contributed by atoms with Crippen molar-refractivity contribution in [2.45, 2.75) is 36.7 Å². The first-order valence-electron chi connectivity index (χ1n) is 16.1. The fourth-order valence-electron chi connectivity index (χ4n) is 5.44. The number of tetrazole rings is 1. The SMILES string of the molecule is O=C(Nc1ccc(Oc2ccccc2)cc1)Nc1ccc([C@H]2O[C@@H](CSc3nnnn3-c3ccccc3)C[C@@H](c3ccc(CO)cc3)O2)cc1. The maximum absolute atomic E-state index is 12.8. The zero-order chi connectivity index (χ0) is 34.1. The Morgan fingerprint density at radius 1 is 0.780 bits per heavy atom. The third kappa shape index (κ3) is 8.36. The highest BCUT2D eigenvalue weighted by Gasteiger charge is 2.32. The number of nitrogens with one attached hydrogen (secondary N) is 2. The molecule has 0 saturated carbocycles. The van der Waals surface area contributed by atoms with Crippen LogP contribution in [0.5, 0.6) is 11.5 Å². The Kier molecular flexibility index (Phi) is 10.4. The van der Waals surface area contributed by atoms with E-state index in [9.17, 15) is 9.90 Å². The van der Waals surface area contributed by atoms with Crippen molar-refractivity contribution in [3.8, 4) is 17.2 Å². The zero-order valence-corrected chi connectivity index (χ0v) is 27.6. The van der Waals surface area contributed by atoms with Crippen LogP contribution in [0.2, 0.25) is 0 Å². The van der Waals surface area contributed by atoms with Crippen molar-refractivity contribution in [2.75, 3.05) is 16.4 Å². The molecule has 0 spiro atoms. The summed E-state index contributed by atoms with van der Waals surface area (Å²) >= 11 is 1.52. The van der Waals surface area contributed by atoms with E-state index in [-0.39, 0.29) is 24.8 Å². The van der Waals surface area contributed by atoms with E-state index in [1.54, 1.807) is 28.9 Å². The Morgan fingerprint density at radius 3 is 2.08 bits per heavy atom. The number of urea groups is 1. The molecule has 2 heterocycles. The van der Waals surface area contributed by atoms with E-state index in [0.29, 0.717) is 34.5 Å². The maximum atomic E-state index is 12.8. The Morgan fingerprint density at radius 2 is 1.40 bits per heavy atom. The van der Waals surface area contributed by atoms with E-state index in [2.05, 4.69) is 26.2 Å². The molecule has 0 bridgehead atoms.